The van der Waals surface area contributed by atoms with E-state index in [9.17, 15) is 31.2 Å². The summed E-state index contributed by atoms with van der Waals surface area (Å²) in [6.45, 7) is 0.209. The van der Waals surface area contributed by atoms with Gasteiger partial charge in [0.05, 0.1) is 10.5 Å². The fourth-order valence-electron chi connectivity index (χ4n) is 3.17. The van der Waals surface area contributed by atoms with Crippen LogP contribution in [0.2, 0.25) is 0 Å². The Morgan fingerprint density at radius 2 is 1.77 bits per heavy atom. The van der Waals surface area contributed by atoms with Gasteiger partial charge in [0.25, 0.3) is 5.56 Å². The molecule has 1 aliphatic rings. The third-order valence-electron chi connectivity index (χ3n) is 4.70. The van der Waals surface area contributed by atoms with Crippen molar-refractivity contribution in [3.8, 4) is 0 Å². The van der Waals surface area contributed by atoms with Crippen molar-refractivity contribution < 1.29 is 26.4 Å². The zero-order valence-electron chi connectivity index (χ0n) is 15.9. The lowest BCUT2D eigenvalue weighted by Gasteiger charge is -2.26. The van der Waals surface area contributed by atoms with E-state index in [1.807, 2.05) is 0 Å². The molecule has 0 unspecified atom stereocenters. The van der Waals surface area contributed by atoms with Crippen LogP contribution in [0.15, 0.2) is 52.3 Å². The first kappa shape index (κ1) is 22.0. The van der Waals surface area contributed by atoms with Crippen LogP contribution < -0.4 is 10.9 Å². The highest BCUT2D eigenvalue weighted by molar-refractivity contribution is 7.89. The highest BCUT2D eigenvalue weighted by Gasteiger charge is 2.31. The number of benzene rings is 1. The second-order valence-electron chi connectivity index (χ2n) is 6.92. The molecule has 162 valence electrons. The number of carbonyl (C=O) groups excluding carboxylic acids is 1. The van der Waals surface area contributed by atoms with Crippen molar-refractivity contribution in [2.75, 3.05) is 18.4 Å². The van der Waals surface area contributed by atoms with Crippen LogP contribution in [0.3, 0.4) is 0 Å². The number of carbonyl (C=O) groups is 1. The largest absolute Gasteiger partial charge is 0.417 e. The molecule has 1 amide bonds. The second kappa shape index (κ2) is 8.60. The number of anilines is 1. The summed E-state index contributed by atoms with van der Waals surface area (Å²) in [7, 11) is -3.71. The number of aromatic nitrogens is 1. The first-order chi connectivity index (χ1) is 14.1. The summed E-state index contributed by atoms with van der Waals surface area (Å²) in [5.41, 5.74) is -1.65. The molecule has 0 spiro atoms. The van der Waals surface area contributed by atoms with Gasteiger partial charge in [-0.2, -0.15) is 17.5 Å². The van der Waals surface area contributed by atoms with Gasteiger partial charge in [0, 0.05) is 31.0 Å². The summed E-state index contributed by atoms with van der Waals surface area (Å²) in [4.78, 5) is 24.0. The van der Waals surface area contributed by atoms with E-state index in [0.717, 1.165) is 25.3 Å². The summed E-state index contributed by atoms with van der Waals surface area (Å²) in [5.74, 6) is -0.760. The lowest BCUT2D eigenvalue weighted by molar-refractivity contribution is -0.138. The summed E-state index contributed by atoms with van der Waals surface area (Å²) in [6, 6.07) is 7.01. The zero-order chi connectivity index (χ0) is 21.9. The maximum atomic E-state index is 12.8. The predicted octanol–water partition coefficient (Wildman–Crippen LogP) is 2.68. The van der Waals surface area contributed by atoms with Crippen LogP contribution in [-0.4, -0.2) is 36.3 Å². The highest BCUT2D eigenvalue weighted by Crippen LogP contribution is 2.28. The molecule has 3 rings (SSSR count). The molecular formula is C19H20F3N3O4S. The van der Waals surface area contributed by atoms with E-state index in [1.54, 1.807) is 0 Å². The quantitative estimate of drug-likeness (QED) is 0.770. The number of amides is 1. The lowest BCUT2D eigenvalue weighted by Crippen LogP contribution is -2.35. The van der Waals surface area contributed by atoms with Gasteiger partial charge in [-0.25, -0.2) is 8.42 Å². The maximum Gasteiger partial charge on any atom is 0.417 e. The number of pyridine rings is 1. The van der Waals surface area contributed by atoms with Gasteiger partial charge >= 0.3 is 6.18 Å². The van der Waals surface area contributed by atoms with Gasteiger partial charge in [-0.1, -0.05) is 12.5 Å². The SMILES string of the molecule is O=C(Cn1cc(C(F)(F)F)ccc1=O)Nc1cccc(S(=O)(=O)N2CCCCC2)c1. The monoisotopic (exact) mass is 443 g/mol. The highest BCUT2D eigenvalue weighted by atomic mass is 32.2. The van der Waals surface area contributed by atoms with Crippen LogP contribution in [0.5, 0.6) is 0 Å². The van der Waals surface area contributed by atoms with E-state index < -0.39 is 39.8 Å². The Bertz CT molecular complexity index is 1090. The molecule has 1 saturated heterocycles. The Balaban J connectivity index is 1.75. The molecule has 0 radical (unpaired) electrons. The van der Waals surface area contributed by atoms with Crippen molar-refractivity contribution in [3.05, 3.63) is 58.5 Å². The number of hydrogen-bond donors (Lipinski definition) is 1. The Labute approximate surface area is 171 Å². The van der Waals surface area contributed by atoms with Crippen LogP contribution in [0.25, 0.3) is 0 Å². The second-order valence-corrected chi connectivity index (χ2v) is 8.86. The molecule has 2 aromatic rings. The Hall–Kier alpha value is -2.66. The first-order valence-electron chi connectivity index (χ1n) is 9.25. The van der Waals surface area contributed by atoms with Gasteiger partial charge in [0.2, 0.25) is 15.9 Å². The van der Waals surface area contributed by atoms with Gasteiger partial charge in [-0.15, -0.1) is 0 Å². The van der Waals surface area contributed by atoms with Crippen LogP contribution in [0.4, 0.5) is 18.9 Å². The molecule has 0 atom stereocenters. The Morgan fingerprint density at radius 3 is 2.43 bits per heavy atom. The molecule has 0 aliphatic carbocycles. The summed E-state index contributed by atoms with van der Waals surface area (Å²) >= 11 is 0. The minimum atomic E-state index is -4.65. The minimum absolute atomic E-state index is 0.0124. The molecule has 30 heavy (non-hydrogen) atoms. The van der Waals surface area contributed by atoms with Crippen LogP contribution in [0.1, 0.15) is 24.8 Å². The number of piperidine rings is 1. The van der Waals surface area contributed by atoms with Gasteiger partial charge in [-0.3, -0.25) is 9.59 Å². The third kappa shape index (κ3) is 5.08. The van der Waals surface area contributed by atoms with E-state index in [0.29, 0.717) is 29.9 Å². The van der Waals surface area contributed by atoms with Gasteiger partial charge in [-0.05, 0) is 37.1 Å². The summed E-state index contributed by atoms with van der Waals surface area (Å²) in [5, 5.41) is 2.43. The number of nitrogens with zero attached hydrogens (tertiary/aromatic N) is 2. The number of sulfonamides is 1. The molecule has 1 aromatic carbocycles. The van der Waals surface area contributed by atoms with Crippen LogP contribution in [-0.2, 0) is 27.5 Å². The van der Waals surface area contributed by atoms with Gasteiger partial charge < -0.3 is 9.88 Å². The fourth-order valence-corrected chi connectivity index (χ4v) is 4.73. The van der Waals surface area contributed by atoms with Gasteiger partial charge in [0.1, 0.15) is 6.54 Å². The van der Waals surface area contributed by atoms with E-state index in [2.05, 4.69) is 5.32 Å². The molecule has 1 aromatic heterocycles. The molecule has 11 heteroatoms. The van der Waals surface area contributed by atoms with E-state index in [1.165, 1.54) is 28.6 Å². The molecule has 1 N–H and O–H groups in total. The van der Waals surface area contributed by atoms with E-state index in [4.69, 9.17) is 0 Å². The van der Waals surface area contributed by atoms with E-state index in [-0.39, 0.29) is 10.6 Å². The molecule has 0 bridgehead atoms. The maximum absolute atomic E-state index is 12.8. The molecule has 1 aliphatic heterocycles. The average molecular weight is 443 g/mol. The number of rotatable bonds is 5. The number of alkyl halides is 3. The van der Waals surface area contributed by atoms with Crippen molar-refractivity contribution in [1.82, 2.24) is 8.87 Å². The van der Waals surface area contributed by atoms with Crippen LogP contribution in [0, 0.1) is 0 Å². The van der Waals surface area contributed by atoms with Crippen molar-refractivity contribution in [2.24, 2.45) is 0 Å². The minimum Gasteiger partial charge on any atom is -0.324 e. The number of nitrogens with one attached hydrogen (secondary N) is 1. The molecule has 7 nitrogen and oxygen atoms in total. The standard InChI is InChI=1S/C19H20F3N3O4S/c20-19(21,22)14-7-8-18(27)24(12-14)13-17(26)23-15-5-4-6-16(11-15)30(28,29)25-9-2-1-3-10-25/h4-8,11-12H,1-3,9-10,13H2,(H,23,26). The van der Waals surface area contributed by atoms with Crippen LogP contribution >= 0.6 is 0 Å². The zero-order valence-corrected chi connectivity index (χ0v) is 16.7. The predicted molar refractivity (Wildman–Crippen MR) is 103 cm³/mol. The molecule has 2 heterocycles. The lowest BCUT2D eigenvalue weighted by atomic mass is 10.2. The van der Waals surface area contributed by atoms with E-state index >= 15 is 0 Å². The fraction of sp³-hybridized carbons (Fsp3) is 0.368. The van der Waals surface area contributed by atoms with Crippen molar-refractivity contribution in [2.45, 2.75) is 36.9 Å². The smallest absolute Gasteiger partial charge is 0.324 e. The Morgan fingerprint density at radius 1 is 1.07 bits per heavy atom. The first-order valence-corrected chi connectivity index (χ1v) is 10.7. The number of halogens is 3. The van der Waals surface area contributed by atoms with Crippen molar-refractivity contribution in [1.29, 1.82) is 0 Å². The summed E-state index contributed by atoms with van der Waals surface area (Å²) in [6.07, 6.45) is -1.55. The third-order valence-corrected chi connectivity index (χ3v) is 6.59. The average Bonchev–Trinajstić information content (AvgIpc) is 2.69. The van der Waals surface area contributed by atoms with Gasteiger partial charge in [0.15, 0.2) is 0 Å². The molecule has 0 saturated carbocycles. The summed E-state index contributed by atoms with van der Waals surface area (Å²) < 4.78 is 66.0. The molecular weight excluding hydrogens is 423 g/mol. The normalized spacial score (nSPS) is 15.7. The molecule has 1 fully saturated rings. The van der Waals surface area contributed by atoms with Crippen molar-refractivity contribution >= 4 is 21.6 Å². The number of hydrogen-bond acceptors (Lipinski definition) is 4. The Kier molecular flexibility index (Phi) is 6.32. The topological polar surface area (TPSA) is 88.5 Å². The van der Waals surface area contributed by atoms with Crippen molar-refractivity contribution in [3.63, 3.8) is 0 Å².